The summed E-state index contributed by atoms with van der Waals surface area (Å²) >= 11 is 0. The van der Waals surface area contributed by atoms with Gasteiger partial charge in [-0.05, 0) is 48.8 Å². The van der Waals surface area contributed by atoms with Gasteiger partial charge in [0.05, 0.1) is 5.56 Å². The molecule has 0 heterocycles. The number of alkyl halides is 3. The molecule has 0 radical (unpaired) electrons. The van der Waals surface area contributed by atoms with E-state index in [1.54, 1.807) is 12.1 Å². The summed E-state index contributed by atoms with van der Waals surface area (Å²) in [6, 6.07) is 5.92. The van der Waals surface area contributed by atoms with E-state index in [-0.39, 0.29) is 0 Å². The van der Waals surface area contributed by atoms with Crippen molar-refractivity contribution in [3.8, 4) is 0 Å². The van der Waals surface area contributed by atoms with Gasteiger partial charge in [0.25, 0.3) is 0 Å². The summed E-state index contributed by atoms with van der Waals surface area (Å²) in [5.41, 5.74) is 0.325. The van der Waals surface area contributed by atoms with Gasteiger partial charge < -0.3 is 5.32 Å². The second-order valence-corrected chi connectivity index (χ2v) is 6.04. The molecule has 0 saturated heterocycles. The Morgan fingerprint density at radius 3 is 2.25 bits per heavy atom. The zero-order chi connectivity index (χ0) is 14.8. The quantitative estimate of drug-likeness (QED) is 0.854. The van der Waals surface area contributed by atoms with Gasteiger partial charge in [0.1, 0.15) is 0 Å². The Morgan fingerprint density at radius 2 is 1.70 bits per heavy atom. The Kier molecular flexibility index (Phi) is 4.74. The van der Waals surface area contributed by atoms with E-state index in [9.17, 15) is 13.2 Å². The SMILES string of the molecule is CC1CCC(NCc2ccc(C(F)(F)F)cc2)CC1C. The van der Waals surface area contributed by atoms with Crippen LogP contribution in [0.15, 0.2) is 24.3 Å². The summed E-state index contributed by atoms with van der Waals surface area (Å²) in [6.07, 6.45) is -0.708. The number of hydrogen-bond acceptors (Lipinski definition) is 1. The Morgan fingerprint density at radius 1 is 1.05 bits per heavy atom. The molecule has 0 aliphatic heterocycles. The van der Waals surface area contributed by atoms with Gasteiger partial charge in [0, 0.05) is 12.6 Å². The lowest BCUT2D eigenvalue weighted by atomic mass is 9.79. The highest BCUT2D eigenvalue weighted by Gasteiger charge is 2.30. The van der Waals surface area contributed by atoms with Crippen LogP contribution in [-0.2, 0) is 12.7 Å². The molecule has 112 valence electrons. The van der Waals surface area contributed by atoms with Crippen LogP contribution in [0.25, 0.3) is 0 Å². The van der Waals surface area contributed by atoms with Crippen LogP contribution in [0.5, 0.6) is 0 Å². The van der Waals surface area contributed by atoms with Gasteiger partial charge in [-0.1, -0.05) is 26.0 Å². The fourth-order valence-corrected chi connectivity index (χ4v) is 2.81. The first-order valence-electron chi connectivity index (χ1n) is 7.26. The van der Waals surface area contributed by atoms with Gasteiger partial charge in [-0.2, -0.15) is 13.2 Å². The molecule has 1 saturated carbocycles. The van der Waals surface area contributed by atoms with Crippen molar-refractivity contribution >= 4 is 0 Å². The molecule has 1 aliphatic rings. The molecular formula is C16H22F3N. The zero-order valence-electron chi connectivity index (χ0n) is 12.0. The maximum Gasteiger partial charge on any atom is 0.416 e. The zero-order valence-corrected chi connectivity index (χ0v) is 12.0. The lowest BCUT2D eigenvalue weighted by Gasteiger charge is -2.32. The lowest BCUT2D eigenvalue weighted by Crippen LogP contribution is -2.35. The van der Waals surface area contributed by atoms with E-state index in [0.717, 1.165) is 36.5 Å². The van der Waals surface area contributed by atoms with Gasteiger partial charge in [0.2, 0.25) is 0 Å². The fourth-order valence-electron chi connectivity index (χ4n) is 2.81. The maximum absolute atomic E-state index is 12.5. The summed E-state index contributed by atoms with van der Waals surface area (Å²) in [6.45, 7) is 5.21. The number of halogens is 3. The highest BCUT2D eigenvalue weighted by Crippen LogP contribution is 2.30. The minimum absolute atomic E-state index is 0.489. The maximum atomic E-state index is 12.5. The molecule has 2 rings (SSSR count). The first-order chi connectivity index (χ1) is 9.36. The predicted molar refractivity (Wildman–Crippen MR) is 74.3 cm³/mol. The number of benzene rings is 1. The van der Waals surface area contributed by atoms with Gasteiger partial charge in [0.15, 0.2) is 0 Å². The molecule has 1 N–H and O–H groups in total. The smallest absolute Gasteiger partial charge is 0.310 e. The van der Waals surface area contributed by atoms with Crippen molar-refractivity contribution in [1.29, 1.82) is 0 Å². The molecule has 1 aromatic carbocycles. The van der Waals surface area contributed by atoms with Crippen LogP contribution < -0.4 is 5.32 Å². The summed E-state index contributed by atoms with van der Waals surface area (Å²) in [4.78, 5) is 0. The van der Waals surface area contributed by atoms with E-state index < -0.39 is 11.7 Å². The molecule has 20 heavy (non-hydrogen) atoms. The van der Waals surface area contributed by atoms with Gasteiger partial charge in [-0.3, -0.25) is 0 Å². The Balaban J connectivity index is 1.85. The molecule has 0 bridgehead atoms. The third kappa shape index (κ3) is 3.98. The topological polar surface area (TPSA) is 12.0 Å². The van der Waals surface area contributed by atoms with Gasteiger partial charge in [-0.25, -0.2) is 0 Å². The molecule has 1 aromatic rings. The van der Waals surface area contributed by atoms with Crippen LogP contribution in [-0.4, -0.2) is 6.04 Å². The molecule has 0 spiro atoms. The molecule has 3 unspecified atom stereocenters. The van der Waals surface area contributed by atoms with Gasteiger partial charge in [-0.15, -0.1) is 0 Å². The number of hydrogen-bond donors (Lipinski definition) is 1. The summed E-state index contributed by atoms with van der Waals surface area (Å²) in [7, 11) is 0. The standard InChI is InChI=1S/C16H22F3N/c1-11-3-8-15(9-12(11)2)20-10-13-4-6-14(7-5-13)16(17,18)19/h4-7,11-12,15,20H,3,8-10H2,1-2H3. The van der Waals surface area contributed by atoms with Crippen LogP contribution in [0.2, 0.25) is 0 Å². The van der Waals surface area contributed by atoms with E-state index in [0.29, 0.717) is 18.5 Å². The van der Waals surface area contributed by atoms with Crippen molar-refractivity contribution in [2.45, 2.75) is 51.9 Å². The predicted octanol–water partition coefficient (Wildman–Crippen LogP) is 4.62. The highest BCUT2D eigenvalue weighted by atomic mass is 19.4. The fraction of sp³-hybridized carbons (Fsp3) is 0.625. The third-order valence-electron chi connectivity index (χ3n) is 4.47. The molecule has 1 nitrogen and oxygen atoms in total. The molecule has 1 aliphatic carbocycles. The number of rotatable bonds is 3. The van der Waals surface area contributed by atoms with Crippen molar-refractivity contribution in [2.24, 2.45) is 11.8 Å². The summed E-state index contributed by atoms with van der Waals surface area (Å²) < 4.78 is 37.4. The normalized spacial score (nSPS) is 27.6. The average Bonchev–Trinajstić information content (AvgIpc) is 2.40. The van der Waals surface area contributed by atoms with E-state index >= 15 is 0 Å². The first-order valence-corrected chi connectivity index (χ1v) is 7.26. The summed E-state index contributed by atoms with van der Waals surface area (Å²) in [5, 5.41) is 3.47. The van der Waals surface area contributed by atoms with E-state index in [2.05, 4.69) is 19.2 Å². The van der Waals surface area contributed by atoms with E-state index in [1.807, 2.05) is 0 Å². The second-order valence-electron chi connectivity index (χ2n) is 6.04. The Bertz CT molecular complexity index is 424. The van der Waals surface area contributed by atoms with Crippen molar-refractivity contribution in [1.82, 2.24) is 5.32 Å². The van der Waals surface area contributed by atoms with Crippen molar-refractivity contribution < 1.29 is 13.2 Å². The highest BCUT2D eigenvalue weighted by molar-refractivity contribution is 5.24. The summed E-state index contributed by atoms with van der Waals surface area (Å²) in [5.74, 6) is 1.49. The number of nitrogens with one attached hydrogen (secondary N) is 1. The average molecular weight is 285 g/mol. The van der Waals surface area contributed by atoms with Crippen molar-refractivity contribution in [2.75, 3.05) is 0 Å². The van der Waals surface area contributed by atoms with Crippen LogP contribution in [0.3, 0.4) is 0 Å². The molecule has 1 fully saturated rings. The lowest BCUT2D eigenvalue weighted by molar-refractivity contribution is -0.137. The molecule has 0 amide bonds. The van der Waals surface area contributed by atoms with Crippen LogP contribution >= 0.6 is 0 Å². The Hall–Kier alpha value is -1.03. The van der Waals surface area contributed by atoms with Gasteiger partial charge >= 0.3 is 6.18 Å². The van der Waals surface area contributed by atoms with Crippen molar-refractivity contribution in [3.63, 3.8) is 0 Å². The van der Waals surface area contributed by atoms with E-state index in [1.165, 1.54) is 6.42 Å². The largest absolute Gasteiger partial charge is 0.416 e. The second kappa shape index (κ2) is 6.17. The van der Waals surface area contributed by atoms with Crippen LogP contribution in [0, 0.1) is 11.8 Å². The monoisotopic (exact) mass is 285 g/mol. The minimum atomic E-state index is -4.25. The first kappa shape index (κ1) is 15.4. The van der Waals surface area contributed by atoms with Crippen LogP contribution in [0.4, 0.5) is 13.2 Å². The Labute approximate surface area is 118 Å². The molecule has 4 heteroatoms. The van der Waals surface area contributed by atoms with E-state index in [4.69, 9.17) is 0 Å². The molecule has 3 atom stereocenters. The molecule has 0 aromatic heterocycles. The minimum Gasteiger partial charge on any atom is -0.310 e. The molecular weight excluding hydrogens is 263 g/mol. The van der Waals surface area contributed by atoms with Crippen molar-refractivity contribution in [3.05, 3.63) is 35.4 Å². The third-order valence-corrected chi connectivity index (χ3v) is 4.47. The van der Waals surface area contributed by atoms with Crippen LogP contribution in [0.1, 0.15) is 44.2 Å².